The molecular weight excluding hydrogens is 176 g/mol. The van der Waals surface area contributed by atoms with Crippen molar-refractivity contribution in [3.8, 4) is 0 Å². The summed E-state index contributed by atoms with van der Waals surface area (Å²) in [4.78, 5) is 0. The normalized spacial score (nSPS) is 16.9. The van der Waals surface area contributed by atoms with Gasteiger partial charge in [-0.1, -0.05) is 19.4 Å². The lowest BCUT2D eigenvalue weighted by Crippen LogP contribution is -2.25. The highest BCUT2D eigenvalue weighted by molar-refractivity contribution is 6.70. The van der Waals surface area contributed by atoms with E-state index in [2.05, 4.69) is 38.7 Å². The first-order valence-corrected chi connectivity index (χ1v) is 8.52. The van der Waals surface area contributed by atoms with Gasteiger partial charge in [0.05, 0.1) is 0 Å². The van der Waals surface area contributed by atoms with Crippen molar-refractivity contribution < 1.29 is 4.43 Å². The summed E-state index contributed by atoms with van der Waals surface area (Å²) in [7, 11) is -1.40. The Morgan fingerprint density at radius 2 is 2.00 bits per heavy atom. The first-order valence-electron chi connectivity index (χ1n) is 5.11. The standard InChI is InChI=1S/C11H20OSi/c1-5-7-10-8-6-9-11(10)12-13(2,3)4/h8-9H,5-7H2,1-4H3. The fourth-order valence-electron chi connectivity index (χ4n) is 1.47. The van der Waals surface area contributed by atoms with Gasteiger partial charge in [-0.05, 0) is 44.1 Å². The van der Waals surface area contributed by atoms with Crippen molar-refractivity contribution in [2.75, 3.05) is 0 Å². The van der Waals surface area contributed by atoms with Gasteiger partial charge in [-0.15, -0.1) is 0 Å². The van der Waals surface area contributed by atoms with Crippen LogP contribution in [0, 0.1) is 0 Å². The molecule has 0 aliphatic heterocycles. The molecule has 1 nitrogen and oxygen atoms in total. The van der Waals surface area contributed by atoms with Crippen molar-refractivity contribution in [3.63, 3.8) is 0 Å². The van der Waals surface area contributed by atoms with Gasteiger partial charge in [0.25, 0.3) is 0 Å². The molecule has 0 saturated carbocycles. The molecule has 0 fully saturated rings. The summed E-state index contributed by atoms with van der Waals surface area (Å²) >= 11 is 0. The molecular formula is C11H20OSi. The van der Waals surface area contributed by atoms with E-state index < -0.39 is 8.32 Å². The molecule has 0 heterocycles. The van der Waals surface area contributed by atoms with Crippen LogP contribution in [0.15, 0.2) is 23.5 Å². The predicted molar refractivity (Wildman–Crippen MR) is 60.1 cm³/mol. The van der Waals surface area contributed by atoms with E-state index in [4.69, 9.17) is 4.43 Å². The van der Waals surface area contributed by atoms with Gasteiger partial charge in [0.15, 0.2) is 0 Å². The summed E-state index contributed by atoms with van der Waals surface area (Å²) < 4.78 is 6.00. The molecule has 0 aromatic heterocycles. The van der Waals surface area contributed by atoms with Gasteiger partial charge in [-0.3, -0.25) is 0 Å². The molecule has 13 heavy (non-hydrogen) atoms. The fourth-order valence-corrected chi connectivity index (χ4v) is 2.35. The van der Waals surface area contributed by atoms with Crippen LogP contribution in [0.3, 0.4) is 0 Å². The second-order valence-electron chi connectivity index (χ2n) is 4.50. The zero-order chi connectivity index (χ0) is 9.90. The molecule has 1 rings (SSSR count). The summed E-state index contributed by atoms with van der Waals surface area (Å²) in [6.07, 6.45) is 7.94. The number of rotatable bonds is 4. The van der Waals surface area contributed by atoms with Crippen molar-refractivity contribution in [1.29, 1.82) is 0 Å². The van der Waals surface area contributed by atoms with Crippen LogP contribution in [0.4, 0.5) is 0 Å². The van der Waals surface area contributed by atoms with Gasteiger partial charge in [0.2, 0.25) is 8.32 Å². The molecule has 1 aliphatic rings. The first-order chi connectivity index (χ1) is 6.03. The molecule has 0 spiro atoms. The van der Waals surface area contributed by atoms with Crippen LogP contribution in [0.25, 0.3) is 0 Å². The maximum absolute atomic E-state index is 6.00. The SMILES string of the molecule is CCCC1=CCC=C1O[Si](C)(C)C. The Morgan fingerprint density at radius 3 is 2.54 bits per heavy atom. The Hall–Kier alpha value is -0.503. The van der Waals surface area contributed by atoms with Gasteiger partial charge in [-0.2, -0.15) is 0 Å². The maximum atomic E-state index is 6.00. The molecule has 0 N–H and O–H groups in total. The quantitative estimate of drug-likeness (QED) is 0.621. The molecule has 0 saturated heterocycles. The Balaban J connectivity index is 2.56. The van der Waals surface area contributed by atoms with E-state index in [1.54, 1.807) is 0 Å². The maximum Gasteiger partial charge on any atom is 0.242 e. The molecule has 0 unspecified atom stereocenters. The lowest BCUT2D eigenvalue weighted by atomic mass is 10.1. The highest BCUT2D eigenvalue weighted by Gasteiger charge is 2.20. The summed E-state index contributed by atoms with van der Waals surface area (Å²) in [6, 6.07) is 0. The average Bonchev–Trinajstić information content (AvgIpc) is 2.34. The van der Waals surface area contributed by atoms with Crippen LogP contribution in [0.1, 0.15) is 26.2 Å². The lowest BCUT2D eigenvalue weighted by Gasteiger charge is -2.21. The molecule has 0 aromatic rings. The van der Waals surface area contributed by atoms with E-state index in [9.17, 15) is 0 Å². The molecule has 1 aliphatic carbocycles. The first kappa shape index (κ1) is 10.6. The third kappa shape index (κ3) is 3.39. The predicted octanol–water partition coefficient (Wildman–Crippen LogP) is 3.85. The second kappa shape index (κ2) is 4.14. The van der Waals surface area contributed by atoms with Gasteiger partial charge in [0, 0.05) is 0 Å². The van der Waals surface area contributed by atoms with Gasteiger partial charge >= 0.3 is 0 Å². The third-order valence-electron chi connectivity index (χ3n) is 1.92. The largest absolute Gasteiger partial charge is 0.544 e. The zero-order valence-corrected chi connectivity index (χ0v) is 10.2. The van der Waals surface area contributed by atoms with Crippen molar-refractivity contribution in [2.24, 2.45) is 0 Å². The molecule has 74 valence electrons. The highest BCUT2D eigenvalue weighted by Crippen LogP contribution is 2.27. The Kier molecular flexibility index (Phi) is 3.37. The summed E-state index contributed by atoms with van der Waals surface area (Å²) in [5, 5.41) is 0. The minimum atomic E-state index is -1.40. The molecule has 0 aromatic carbocycles. The van der Waals surface area contributed by atoms with Crippen molar-refractivity contribution in [1.82, 2.24) is 0 Å². The van der Waals surface area contributed by atoms with Crippen molar-refractivity contribution in [2.45, 2.75) is 45.8 Å². The zero-order valence-electron chi connectivity index (χ0n) is 9.18. The van der Waals surface area contributed by atoms with E-state index >= 15 is 0 Å². The van der Waals surface area contributed by atoms with Crippen LogP contribution in [-0.4, -0.2) is 8.32 Å². The topological polar surface area (TPSA) is 9.23 Å². The Morgan fingerprint density at radius 1 is 1.31 bits per heavy atom. The average molecular weight is 196 g/mol. The molecule has 0 radical (unpaired) electrons. The van der Waals surface area contributed by atoms with Gasteiger partial charge in [0.1, 0.15) is 5.76 Å². The number of allylic oxidation sites excluding steroid dienone is 3. The van der Waals surface area contributed by atoms with Crippen LogP contribution in [0.2, 0.25) is 19.6 Å². The number of hydrogen-bond acceptors (Lipinski definition) is 1. The smallest absolute Gasteiger partial charge is 0.242 e. The van der Waals surface area contributed by atoms with E-state index in [0.717, 1.165) is 12.8 Å². The van der Waals surface area contributed by atoms with E-state index in [-0.39, 0.29) is 0 Å². The van der Waals surface area contributed by atoms with Gasteiger partial charge < -0.3 is 4.43 Å². The second-order valence-corrected chi connectivity index (χ2v) is 8.93. The molecule has 0 bridgehead atoms. The van der Waals surface area contributed by atoms with Crippen LogP contribution in [0.5, 0.6) is 0 Å². The van der Waals surface area contributed by atoms with E-state index in [1.165, 1.54) is 17.8 Å². The summed E-state index contributed by atoms with van der Waals surface area (Å²) in [5.41, 5.74) is 1.42. The summed E-state index contributed by atoms with van der Waals surface area (Å²) in [5.74, 6) is 1.17. The Bertz CT molecular complexity index is 233. The monoisotopic (exact) mass is 196 g/mol. The van der Waals surface area contributed by atoms with Crippen LogP contribution >= 0.6 is 0 Å². The Labute approximate surface area is 82.6 Å². The van der Waals surface area contributed by atoms with Crippen molar-refractivity contribution in [3.05, 3.63) is 23.5 Å². The third-order valence-corrected chi connectivity index (χ3v) is 2.75. The van der Waals surface area contributed by atoms with Crippen molar-refractivity contribution >= 4 is 8.32 Å². The highest BCUT2D eigenvalue weighted by atomic mass is 28.4. The molecule has 0 atom stereocenters. The molecule has 2 heteroatoms. The van der Waals surface area contributed by atoms with Crippen LogP contribution in [-0.2, 0) is 4.43 Å². The fraction of sp³-hybridized carbons (Fsp3) is 0.636. The minimum absolute atomic E-state index is 1.06. The summed E-state index contributed by atoms with van der Waals surface area (Å²) in [6.45, 7) is 8.91. The number of hydrogen-bond donors (Lipinski definition) is 0. The van der Waals surface area contributed by atoms with Gasteiger partial charge in [-0.25, -0.2) is 0 Å². The van der Waals surface area contributed by atoms with E-state index in [1.807, 2.05) is 0 Å². The van der Waals surface area contributed by atoms with E-state index in [0.29, 0.717) is 0 Å². The lowest BCUT2D eigenvalue weighted by molar-refractivity contribution is 0.430. The minimum Gasteiger partial charge on any atom is -0.544 e. The van der Waals surface area contributed by atoms with Crippen LogP contribution < -0.4 is 0 Å². The molecule has 0 amide bonds.